The summed E-state index contributed by atoms with van der Waals surface area (Å²) in [5.74, 6) is -1.34. The Bertz CT molecular complexity index is 831. The molecule has 5 atom stereocenters. The first kappa shape index (κ1) is 36.5. The van der Waals surface area contributed by atoms with Crippen molar-refractivity contribution in [2.75, 3.05) is 28.2 Å². The summed E-state index contributed by atoms with van der Waals surface area (Å²) in [6.07, 6.45) is 1.48. The van der Waals surface area contributed by atoms with Crippen LogP contribution >= 0.6 is 0 Å². The average molecular weight is 555 g/mol. The molecule has 226 valence electrons. The Kier molecular flexibility index (Phi) is 16.1. The molecule has 0 aromatic carbocycles. The first-order chi connectivity index (χ1) is 18.0. The molecule has 0 radical (unpaired) electrons. The maximum Gasteiger partial charge on any atom is 0.245 e. The highest BCUT2D eigenvalue weighted by Crippen LogP contribution is 2.18. The van der Waals surface area contributed by atoms with E-state index in [9.17, 15) is 24.0 Å². The molecule has 0 saturated carbocycles. The number of rotatable bonds is 16. The lowest BCUT2D eigenvalue weighted by Crippen LogP contribution is -2.58. The number of amides is 5. The summed E-state index contributed by atoms with van der Waals surface area (Å²) >= 11 is 0. The summed E-state index contributed by atoms with van der Waals surface area (Å²) in [5, 5.41) is 10.9. The van der Waals surface area contributed by atoms with Crippen LogP contribution in [0.25, 0.3) is 0 Å². The molecule has 0 spiro atoms. The number of likely N-dealkylation sites (N-methyl/N-ethyl adjacent to an activating group) is 4. The fraction of sp³-hybridized carbons (Fsp3) is 0.821. The third-order valence-electron chi connectivity index (χ3n) is 6.74. The summed E-state index contributed by atoms with van der Waals surface area (Å²) in [4.78, 5) is 67.6. The summed E-state index contributed by atoms with van der Waals surface area (Å²) in [7, 11) is 6.37. The highest BCUT2D eigenvalue weighted by atomic mass is 16.2. The topological polar surface area (TPSA) is 140 Å². The molecule has 0 bridgehead atoms. The Labute approximate surface area is 235 Å². The minimum Gasteiger partial charge on any atom is -0.357 e. The quantitative estimate of drug-likeness (QED) is 0.224. The van der Waals surface area contributed by atoms with Crippen LogP contribution < -0.4 is 21.3 Å². The fourth-order valence-corrected chi connectivity index (χ4v) is 4.44. The summed E-state index contributed by atoms with van der Waals surface area (Å²) in [5.41, 5.74) is 0. The van der Waals surface area contributed by atoms with Gasteiger partial charge >= 0.3 is 0 Å². The van der Waals surface area contributed by atoms with Crippen molar-refractivity contribution in [2.45, 2.75) is 105 Å². The molecule has 0 heterocycles. The van der Waals surface area contributed by atoms with Crippen molar-refractivity contribution in [3.63, 3.8) is 0 Å². The molecule has 0 aliphatic carbocycles. The summed E-state index contributed by atoms with van der Waals surface area (Å²) in [6, 6.07) is -3.58. The second kappa shape index (κ2) is 17.2. The second-order valence-electron chi connectivity index (χ2n) is 11.7. The van der Waals surface area contributed by atoms with Crippen molar-refractivity contribution in [3.8, 4) is 0 Å². The standard InChI is InChI=1S/C28H54N6O5/c1-16(2)13-21(29-9)25(36)32-24(35)19(7)31-20(8)27(38)34(12)23(15-18(5)6)28(39)33(11)22(14-17(3)4)26(37)30-10/h16-23,29,31H,13-15H2,1-12H3,(H,30,37)(H,32,35,36)/t19-,20+,21+,22+,23+/m1/s1. The first-order valence-electron chi connectivity index (χ1n) is 14.0. The second-order valence-corrected chi connectivity index (χ2v) is 11.7. The van der Waals surface area contributed by atoms with Crippen LogP contribution in [0.1, 0.15) is 74.7 Å². The largest absolute Gasteiger partial charge is 0.357 e. The van der Waals surface area contributed by atoms with Crippen molar-refractivity contribution in [1.29, 1.82) is 0 Å². The molecule has 4 N–H and O–H groups in total. The number of imide groups is 1. The van der Waals surface area contributed by atoms with Crippen molar-refractivity contribution < 1.29 is 24.0 Å². The molecule has 11 heteroatoms. The van der Waals surface area contributed by atoms with Crippen LogP contribution in [-0.2, 0) is 24.0 Å². The lowest BCUT2D eigenvalue weighted by molar-refractivity contribution is -0.149. The molecule has 0 rings (SSSR count). The molecule has 0 saturated heterocycles. The van der Waals surface area contributed by atoms with E-state index in [-0.39, 0.29) is 35.5 Å². The molecular formula is C28H54N6O5. The van der Waals surface area contributed by atoms with E-state index in [1.54, 1.807) is 35.0 Å². The van der Waals surface area contributed by atoms with Crippen LogP contribution in [0.2, 0.25) is 0 Å². The monoisotopic (exact) mass is 554 g/mol. The van der Waals surface area contributed by atoms with E-state index in [4.69, 9.17) is 0 Å². The van der Waals surface area contributed by atoms with Crippen LogP contribution in [-0.4, -0.2) is 97.7 Å². The minimum absolute atomic E-state index is 0.107. The van der Waals surface area contributed by atoms with E-state index in [0.29, 0.717) is 19.3 Å². The Hall–Kier alpha value is -2.53. The van der Waals surface area contributed by atoms with Gasteiger partial charge in [-0.15, -0.1) is 0 Å². The van der Waals surface area contributed by atoms with Gasteiger partial charge in [0.1, 0.15) is 12.1 Å². The van der Waals surface area contributed by atoms with Crippen LogP contribution in [0.15, 0.2) is 0 Å². The van der Waals surface area contributed by atoms with E-state index in [0.717, 1.165) is 0 Å². The highest BCUT2D eigenvalue weighted by Gasteiger charge is 2.36. The molecule has 39 heavy (non-hydrogen) atoms. The highest BCUT2D eigenvalue weighted by molar-refractivity contribution is 6.00. The predicted octanol–water partition coefficient (Wildman–Crippen LogP) is 1.12. The van der Waals surface area contributed by atoms with Crippen LogP contribution in [0.3, 0.4) is 0 Å². The van der Waals surface area contributed by atoms with Gasteiger partial charge < -0.3 is 20.4 Å². The van der Waals surface area contributed by atoms with E-state index >= 15 is 0 Å². The molecule has 0 aliphatic heterocycles. The minimum atomic E-state index is -0.830. The first-order valence-corrected chi connectivity index (χ1v) is 14.0. The van der Waals surface area contributed by atoms with Gasteiger partial charge in [-0.25, -0.2) is 0 Å². The van der Waals surface area contributed by atoms with Gasteiger partial charge in [-0.05, 0) is 57.9 Å². The molecule has 0 aromatic heterocycles. The maximum absolute atomic E-state index is 13.6. The lowest BCUT2D eigenvalue weighted by Gasteiger charge is -2.36. The van der Waals surface area contributed by atoms with Crippen molar-refractivity contribution in [3.05, 3.63) is 0 Å². The van der Waals surface area contributed by atoms with E-state index in [1.807, 2.05) is 41.5 Å². The zero-order chi connectivity index (χ0) is 30.6. The molecular weight excluding hydrogens is 500 g/mol. The average Bonchev–Trinajstić information content (AvgIpc) is 2.85. The van der Waals surface area contributed by atoms with Gasteiger partial charge in [0.15, 0.2) is 0 Å². The third-order valence-corrected chi connectivity index (χ3v) is 6.74. The van der Waals surface area contributed by atoms with E-state index in [1.165, 1.54) is 16.8 Å². The van der Waals surface area contributed by atoms with E-state index < -0.39 is 42.0 Å². The SMILES string of the molecule is CNC(=O)[C@H](CC(C)C)N(C)C(=O)[C@H](CC(C)C)N(C)C(=O)[C@H](C)N[C@H](C)C(=O)NC(=O)[C@H](CC(C)C)NC. The number of hydrogen-bond acceptors (Lipinski definition) is 7. The predicted molar refractivity (Wildman–Crippen MR) is 154 cm³/mol. The Morgan fingerprint density at radius 3 is 1.49 bits per heavy atom. The number of carbonyl (C=O) groups excluding carboxylic acids is 5. The number of carbonyl (C=O) groups is 5. The fourth-order valence-electron chi connectivity index (χ4n) is 4.44. The number of nitrogens with one attached hydrogen (secondary N) is 4. The van der Waals surface area contributed by atoms with Crippen molar-refractivity contribution in [1.82, 2.24) is 31.1 Å². The van der Waals surface area contributed by atoms with Gasteiger partial charge in [0.2, 0.25) is 29.5 Å². The van der Waals surface area contributed by atoms with Gasteiger partial charge in [0.25, 0.3) is 0 Å². The maximum atomic E-state index is 13.6. The van der Waals surface area contributed by atoms with Gasteiger partial charge in [-0.1, -0.05) is 41.5 Å². The molecule has 5 amide bonds. The van der Waals surface area contributed by atoms with Gasteiger partial charge in [0, 0.05) is 21.1 Å². The zero-order valence-electron chi connectivity index (χ0n) is 26.2. The number of hydrogen-bond donors (Lipinski definition) is 4. The summed E-state index contributed by atoms with van der Waals surface area (Å²) in [6.45, 7) is 15.1. The van der Waals surface area contributed by atoms with Gasteiger partial charge in [0.05, 0.1) is 18.1 Å². The normalized spacial score (nSPS) is 15.4. The Morgan fingerprint density at radius 2 is 1.05 bits per heavy atom. The molecule has 0 aliphatic rings. The Balaban J connectivity index is 5.59. The Morgan fingerprint density at radius 1 is 0.590 bits per heavy atom. The van der Waals surface area contributed by atoms with Crippen molar-refractivity contribution in [2.24, 2.45) is 17.8 Å². The summed E-state index contributed by atoms with van der Waals surface area (Å²) < 4.78 is 0. The smallest absolute Gasteiger partial charge is 0.245 e. The van der Waals surface area contributed by atoms with Crippen molar-refractivity contribution >= 4 is 29.5 Å². The molecule has 11 nitrogen and oxygen atoms in total. The van der Waals surface area contributed by atoms with Crippen LogP contribution in [0, 0.1) is 17.8 Å². The molecule has 0 aromatic rings. The van der Waals surface area contributed by atoms with Gasteiger partial charge in [-0.3, -0.25) is 34.6 Å². The lowest BCUT2D eigenvalue weighted by atomic mass is 9.97. The number of nitrogens with zero attached hydrogens (tertiary/aromatic N) is 2. The zero-order valence-corrected chi connectivity index (χ0v) is 26.2. The molecule has 0 unspecified atom stereocenters. The van der Waals surface area contributed by atoms with Crippen LogP contribution in [0.4, 0.5) is 0 Å². The molecule has 0 fully saturated rings. The van der Waals surface area contributed by atoms with Gasteiger partial charge in [-0.2, -0.15) is 0 Å². The third kappa shape index (κ3) is 12.0. The van der Waals surface area contributed by atoms with E-state index in [2.05, 4.69) is 21.3 Å². The van der Waals surface area contributed by atoms with Crippen LogP contribution in [0.5, 0.6) is 0 Å².